The van der Waals surface area contributed by atoms with E-state index in [1.807, 2.05) is 11.4 Å². The van der Waals surface area contributed by atoms with Crippen molar-refractivity contribution in [1.82, 2.24) is 9.97 Å². The van der Waals surface area contributed by atoms with E-state index in [1.165, 1.54) is 23.4 Å². The van der Waals surface area contributed by atoms with Gasteiger partial charge in [0.05, 0.1) is 10.2 Å². The topological polar surface area (TPSA) is 50.3 Å². The van der Waals surface area contributed by atoms with Crippen LogP contribution < -0.4 is 15.0 Å². The van der Waals surface area contributed by atoms with Gasteiger partial charge in [-0.3, -0.25) is 0 Å². The number of halogens is 3. The molecule has 0 amide bonds. The van der Waals surface area contributed by atoms with Gasteiger partial charge < -0.3 is 15.0 Å². The molecule has 0 atom stereocenters. The molecule has 0 aliphatic carbocycles. The van der Waals surface area contributed by atoms with Crippen molar-refractivity contribution in [1.29, 1.82) is 0 Å². The minimum absolute atomic E-state index is 0.178. The fourth-order valence-corrected chi connectivity index (χ4v) is 5.15. The predicted molar refractivity (Wildman–Crippen MR) is 128 cm³/mol. The average molecular weight is 485 g/mol. The lowest BCUT2D eigenvalue weighted by atomic mass is 9.89. The van der Waals surface area contributed by atoms with Gasteiger partial charge in [0.2, 0.25) is 0 Å². The van der Waals surface area contributed by atoms with E-state index < -0.39 is 6.36 Å². The molecule has 0 bridgehead atoms. The van der Waals surface area contributed by atoms with Gasteiger partial charge in [0.1, 0.15) is 17.9 Å². The molecule has 0 unspecified atom stereocenters. The Hall–Kier alpha value is -3.33. The maximum absolute atomic E-state index is 12.4. The van der Waals surface area contributed by atoms with Crippen molar-refractivity contribution in [2.24, 2.45) is 0 Å². The van der Waals surface area contributed by atoms with E-state index in [0.29, 0.717) is 12.5 Å². The first-order valence-corrected chi connectivity index (χ1v) is 11.9. The zero-order valence-electron chi connectivity index (χ0n) is 18.3. The van der Waals surface area contributed by atoms with Crippen LogP contribution in [0, 0.1) is 0 Å². The number of ether oxygens (including phenoxy) is 1. The van der Waals surface area contributed by atoms with Gasteiger partial charge in [-0.1, -0.05) is 24.3 Å². The van der Waals surface area contributed by atoms with Crippen LogP contribution in [0.1, 0.15) is 29.9 Å². The zero-order chi connectivity index (χ0) is 23.5. The SMILES string of the molecule is FC(F)(F)Oc1ccc(C2CCN(c3ccc(CNc4ncnc5ccsc45)cc3)CC2)cc1. The molecule has 0 spiro atoms. The summed E-state index contributed by atoms with van der Waals surface area (Å²) in [4.78, 5) is 11.0. The molecule has 9 heteroatoms. The molecule has 1 aliphatic rings. The zero-order valence-corrected chi connectivity index (χ0v) is 19.1. The molecule has 5 rings (SSSR count). The number of anilines is 2. The number of rotatable bonds is 6. The normalized spacial score (nSPS) is 15.0. The molecule has 4 aromatic rings. The number of nitrogens with zero attached hydrogens (tertiary/aromatic N) is 3. The third-order valence-electron chi connectivity index (χ3n) is 6.08. The van der Waals surface area contributed by atoms with Gasteiger partial charge in [0.15, 0.2) is 0 Å². The van der Waals surface area contributed by atoms with Gasteiger partial charge in [-0.2, -0.15) is 0 Å². The Kier molecular flexibility index (Phi) is 6.28. The van der Waals surface area contributed by atoms with Crippen LogP contribution in [-0.4, -0.2) is 29.4 Å². The highest BCUT2D eigenvalue weighted by atomic mass is 32.1. The minimum Gasteiger partial charge on any atom is -0.406 e. The fraction of sp³-hybridized carbons (Fsp3) is 0.280. The molecule has 1 fully saturated rings. The van der Waals surface area contributed by atoms with Gasteiger partial charge in [0.25, 0.3) is 0 Å². The lowest BCUT2D eigenvalue weighted by molar-refractivity contribution is -0.274. The number of hydrogen-bond donors (Lipinski definition) is 1. The number of fused-ring (bicyclic) bond motifs is 1. The van der Waals surface area contributed by atoms with Crippen molar-refractivity contribution < 1.29 is 17.9 Å². The second-order valence-corrected chi connectivity index (χ2v) is 9.17. The molecule has 0 saturated carbocycles. The number of nitrogens with one attached hydrogen (secondary N) is 1. The van der Waals surface area contributed by atoms with Gasteiger partial charge in [0, 0.05) is 25.3 Å². The lowest BCUT2D eigenvalue weighted by Gasteiger charge is -2.34. The number of aromatic nitrogens is 2. The highest BCUT2D eigenvalue weighted by molar-refractivity contribution is 7.17. The maximum atomic E-state index is 12.4. The van der Waals surface area contributed by atoms with E-state index >= 15 is 0 Å². The van der Waals surface area contributed by atoms with E-state index in [9.17, 15) is 13.2 Å². The van der Waals surface area contributed by atoms with E-state index in [2.05, 4.69) is 49.2 Å². The summed E-state index contributed by atoms with van der Waals surface area (Å²) in [6.07, 6.45) is -1.18. The molecular formula is C25H23F3N4OS. The highest BCUT2D eigenvalue weighted by Crippen LogP contribution is 2.32. The monoisotopic (exact) mass is 484 g/mol. The second-order valence-electron chi connectivity index (χ2n) is 8.26. The number of thiophene rings is 1. The molecule has 2 aromatic heterocycles. The molecular weight excluding hydrogens is 461 g/mol. The van der Waals surface area contributed by atoms with Crippen LogP contribution in [-0.2, 0) is 6.54 Å². The second kappa shape index (κ2) is 9.50. The number of hydrogen-bond acceptors (Lipinski definition) is 6. The quantitative estimate of drug-likeness (QED) is 0.335. The Morgan fingerprint density at radius 3 is 2.41 bits per heavy atom. The summed E-state index contributed by atoms with van der Waals surface area (Å²) in [7, 11) is 0. The molecule has 3 heterocycles. The first-order valence-electron chi connectivity index (χ1n) is 11.1. The Balaban J connectivity index is 1.14. The molecule has 1 aliphatic heterocycles. The summed E-state index contributed by atoms with van der Waals surface area (Å²) in [5.41, 5.74) is 4.36. The summed E-state index contributed by atoms with van der Waals surface area (Å²) >= 11 is 1.63. The van der Waals surface area contributed by atoms with Crippen LogP contribution in [0.25, 0.3) is 10.2 Å². The van der Waals surface area contributed by atoms with Gasteiger partial charge >= 0.3 is 6.36 Å². The van der Waals surface area contributed by atoms with Crippen molar-refractivity contribution in [3.8, 4) is 5.75 Å². The van der Waals surface area contributed by atoms with Crippen LogP contribution in [0.15, 0.2) is 66.3 Å². The van der Waals surface area contributed by atoms with Crippen molar-refractivity contribution in [2.45, 2.75) is 31.7 Å². The summed E-state index contributed by atoms with van der Waals surface area (Å²) in [5, 5.41) is 5.42. The van der Waals surface area contributed by atoms with Crippen molar-refractivity contribution in [2.75, 3.05) is 23.3 Å². The predicted octanol–water partition coefficient (Wildman–Crippen LogP) is 6.59. The Bertz CT molecular complexity index is 1230. The van der Waals surface area contributed by atoms with Crippen molar-refractivity contribution >= 4 is 33.1 Å². The molecule has 0 radical (unpaired) electrons. The molecule has 1 N–H and O–H groups in total. The van der Waals surface area contributed by atoms with E-state index in [4.69, 9.17) is 0 Å². The van der Waals surface area contributed by atoms with Crippen molar-refractivity contribution in [3.05, 3.63) is 77.4 Å². The van der Waals surface area contributed by atoms with Crippen LogP contribution in [0.5, 0.6) is 5.75 Å². The Morgan fingerprint density at radius 1 is 0.971 bits per heavy atom. The summed E-state index contributed by atoms with van der Waals surface area (Å²) < 4.78 is 42.1. The Morgan fingerprint density at radius 2 is 1.71 bits per heavy atom. The van der Waals surface area contributed by atoms with Crippen LogP contribution in [0.4, 0.5) is 24.7 Å². The average Bonchev–Trinajstić information content (AvgIpc) is 3.32. The largest absolute Gasteiger partial charge is 0.573 e. The van der Waals surface area contributed by atoms with Crippen LogP contribution in [0.3, 0.4) is 0 Å². The molecule has 34 heavy (non-hydrogen) atoms. The Labute approximate surface area is 199 Å². The third kappa shape index (κ3) is 5.25. The minimum atomic E-state index is -4.66. The molecule has 2 aromatic carbocycles. The molecule has 1 saturated heterocycles. The lowest BCUT2D eigenvalue weighted by Crippen LogP contribution is -2.32. The molecule has 5 nitrogen and oxygen atoms in total. The van der Waals surface area contributed by atoms with E-state index in [1.54, 1.807) is 29.8 Å². The third-order valence-corrected chi connectivity index (χ3v) is 7.00. The van der Waals surface area contributed by atoms with Crippen molar-refractivity contribution in [3.63, 3.8) is 0 Å². The summed E-state index contributed by atoms with van der Waals surface area (Å²) in [6, 6.07) is 16.8. The van der Waals surface area contributed by atoms with E-state index in [-0.39, 0.29) is 5.75 Å². The highest BCUT2D eigenvalue weighted by Gasteiger charge is 2.31. The number of piperidine rings is 1. The maximum Gasteiger partial charge on any atom is 0.573 e. The van der Waals surface area contributed by atoms with Crippen LogP contribution >= 0.6 is 11.3 Å². The standard InChI is InChI=1S/C25H23F3N4OS/c26-25(27,28)33-21-7-3-18(4-8-21)19-9-12-32(13-10-19)20-5-1-17(2-6-20)15-29-24-23-22(11-14-34-23)30-16-31-24/h1-8,11,14,16,19H,9-10,12-13,15H2,(H,29,30,31). The fourth-order valence-electron chi connectivity index (χ4n) is 4.34. The van der Waals surface area contributed by atoms with Gasteiger partial charge in [-0.15, -0.1) is 24.5 Å². The first kappa shape index (κ1) is 22.5. The summed E-state index contributed by atoms with van der Waals surface area (Å²) in [5.74, 6) is 1.01. The van der Waals surface area contributed by atoms with E-state index in [0.717, 1.165) is 47.5 Å². The smallest absolute Gasteiger partial charge is 0.406 e. The first-order chi connectivity index (χ1) is 16.4. The summed E-state index contributed by atoms with van der Waals surface area (Å²) in [6.45, 7) is 2.49. The van der Waals surface area contributed by atoms with Gasteiger partial charge in [-0.25, -0.2) is 9.97 Å². The van der Waals surface area contributed by atoms with Crippen LogP contribution in [0.2, 0.25) is 0 Å². The number of alkyl halides is 3. The molecule has 176 valence electrons. The van der Waals surface area contributed by atoms with Gasteiger partial charge in [-0.05, 0) is 65.6 Å². The number of benzene rings is 2.